The van der Waals surface area contributed by atoms with Crippen LogP contribution in [0.25, 0.3) is 0 Å². The highest BCUT2D eigenvalue weighted by Crippen LogP contribution is 2.27. The molecule has 2 aromatic rings. The Morgan fingerprint density at radius 1 is 0.643 bits per heavy atom. The van der Waals surface area contributed by atoms with Gasteiger partial charge >= 0.3 is 0 Å². The number of hydrogen-bond acceptors (Lipinski definition) is 6. The van der Waals surface area contributed by atoms with Gasteiger partial charge in [0, 0.05) is 10.8 Å². The number of carbonyl (C=O) groups is 4. The van der Waals surface area contributed by atoms with Gasteiger partial charge in [-0.3, -0.25) is 9.59 Å². The SMILES string of the molecule is CC(C)(C=O)c1ccc(C=O)c(O)c1.CC(C)(C=O)c1ccc(C=O)c(O)c1. The minimum atomic E-state index is -0.640. The van der Waals surface area contributed by atoms with Crippen molar-refractivity contribution in [3.05, 3.63) is 58.7 Å². The zero-order chi connectivity index (χ0) is 21.5. The van der Waals surface area contributed by atoms with Gasteiger partial charge in [0.25, 0.3) is 0 Å². The van der Waals surface area contributed by atoms with Gasteiger partial charge in [0.05, 0.1) is 11.1 Å². The minimum Gasteiger partial charge on any atom is -0.507 e. The van der Waals surface area contributed by atoms with Gasteiger partial charge in [0.1, 0.15) is 24.1 Å². The van der Waals surface area contributed by atoms with E-state index in [9.17, 15) is 29.4 Å². The Morgan fingerprint density at radius 3 is 1.18 bits per heavy atom. The van der Waals surface area contributed by atoms with Crippen LogP contribution < -0.4 is 0 Å². The molecule has 0 spiro atoms. The average Bonchev–Trinajstić information content (AvgIpc) is 2.68. The third-order valence-corrected chi connectivity index (χ3v) is 4.39. The van der Waals surface area contributed by atoms with Gasteiger partial charge < -0.3 is 19.8 Å². The van der Waals surface area contributed by atoms with E-state index in [1.54, 1.807) is 39.8 Å². The summed E-state index contributed by atoms with van der Waals surface area (Å²) < 4.78 is 0. The van der Waals surface area contributed by atoms with Gasteiger partial charge in [-0.2, -0.15) is 0 Å². The minimum absolute atomic E-state index is 0.0903. The Kier molecular flexibility index (Phi) is 7.38. The van der Waals surface area contributed by atoms with E-state index in [1.165, 1.54) is 24.3 Å². The van der Waals surface area contributed by atoms with Crippen molar-refractivity contribution in [3.8, 4) is 11.5 Å². The van der Waals surface area contributed by atoms with Crippen molar-refractivity contribution >= 4 is 25.1 Å². The molecule has 0 radical (unpaired) electrons. The van der Waals surface area contributed by atoms with E-state index in [4.69, 9.17) is 0 Å². The van der Waals surface area contributed by atoms with E-state index in [2.05, 4.69) is 0 Å². The lowest BCUT2D eigenvalue weighted by atomic mass is 9.86. The van der Waals surface area contributed by atoms with E-state index in [1.807, 2.05) is 0 Å². The fourth-order valence-electron chi connectivity index (χ4n) is 2.22. The number of phenols is 2. The number of aromatic hydroxyl groups is 2. The number of carbonyl (C=O) groups excluding carboxylic acids is 4. The molecule has 0 aromatic heterocycles. The van der Waals surface area contributed by atoms with Gasteiger partial charge in [-0.25, -0.2) is 0 Å². The quantitative estimate of drug-likeness (QED) is 0.739. The van der Waals surface area contributed by atoms with Crippen molar-refractivity contribution < 1.29 is 29.4 Å². The second kappa shape index (κ2) is 9.08. The first kappa shape index (κ1) is 22.8. The molecule has 0 aliphatic rings. The molecule has 0 unspecified atom stereocenters. The maximum atomic E-state index is 10.7. The highest BCUT2D eigenvalue weighted by molar-refractivity contribution is 5.80. The molecule has 0 saturated carbocycles. The Balaban J connectivity index is 0.000000280. The van der Waals surface area contributed by atoms with Gasteiger partial charge in [-0.05, 0) is 63.1 Å². The molecule has 0 amide bonds. The second-order valence-corrected chi connectivity index (χ2v) is 7.46. The van der Waals surface area contributed by atoms with Crippen LogP contribution in [0, 0.1) is 0 Å². The van der Waals surface area contributed by atoms with Crippen LogP contribution in [0.3, 0.4) is 0 Å². The summed E-state index contributed by atoms with van der Waals surface area (Å²) >= 11 is 0. The number of phenolic OH excluding ortho intramolecular Hbond substituents is 2. The fraction of sp³-hybridized carbons (Fsp3) is 0.273. The molecule has 0 aliphatic heterocycles. The second-order valence-electron chi connectivity index (χ2n) is 7.46. The van der Waals surface area contributed by atoms with Crippen LogP contribution in [-0.2, 0) is 20.4 Å². The smallest absolute Gasteiger partial charge is 0.153 e. The standard InChI is InChI=1S/2C11H12O3/c2*1-11(2,7-13)9-4-3-8(6-12)10(14)5-9/h2*3-7,14H,1-2H3. The topological polar surface area (TPSA) is 109 Å². The monoisotopic (exact) mass is 384 g/mol. The van der Waals surface area contributed by atoms with Crippen LogP contribution in [0.5, 0.6) is 11.5 Å². The lowest BCUT2D eigenvalue weighted by molar-refractivity contribution is -0.112. The summed E-state index contributed by atoms with van der Waals surface area (Å²) in [4.78, 5) is 42.3. The summed E-state index contributed by atoms with van der Waals surface area (Å²) in [6.45, 7) is 6.98. The average molecular weight is 384 g/mol. The number of rotatable bonds is 6. The van der Waals surface area contributed by atoms with Crippen LogP contribution in [0.1, 0.15) is 59.5 Å². The molecule has 28 heavy (non-hydrogen) atoms. The van der Waals surface area contributed by atoms with Crippen LogP contribution in [0.15, 0.2) is 36.4 Å². The fourth-order valence-corrected chi connectivity index (χ4v) is 2.22. The largest absolute Gasteiger partial charge is 0.507 e. The zero-order valence-corrected chi connectivity index (χ0v) is 16.3. The van der Waals surface area contributed by atoms with E-state index in [-0.39, 0.29) is 22.6 Å². The Morgan fingerprint density at radius 2 is 0.964 bits per heavy atom. The summed E-state index contributed by atoms with van der Waals surface area (Å²) in [5, 5.41) is 18.8. The molecule has 2 rings (SSSR count). The van der Waals surface area contributed by atoms with Crippen LogP contribution in [0.2, 0.25) is 0 Å². The first-order valence-corrected chi connectivity index (χ1v) is 8.52. The first-order chi connectivity index (χ1) is 13.0. The van der Waals surface area contributed by atoms with Crippen molar-refractivity contribution in [2.45, 2.75) is 38.5 Å². The van der Waals surface area contributed by atoms with Crippen molar-refractivity contribution in [1.82, 2.24) is 0 Å². The molecule has 2 aromatic carbocycles. The van der Waals surface area contributed by atoms with Crippen molar-refractivity contribution in [2.75, 3.05) is 0 Å². The molecule has 6 nitrogen and oxygen atoms in total. The van der Waals surface area contributed by atoms with Gasteiger partial charge in [0.15, 0.2) is 12.6 Å². The number of hydrogen-bond donors (Lipinski definition) is 2. The summed E-state index contributed by atoms with van der Waals surface area (Å²) in [6.07, 6.45) is 2.77. The van der Waals surface area contributed by atoms with Gasteiger partial charge in [-0.1, -0.05) is 12.1 Å². The molecule has 0 heterocycles. The van der Waals surface area contributed by atoms with E-state index in [0.717, 1.165) is 12.6 Å². The molecule has 0 atom stereocenters. The summed E-state index contributed by atoms with van der Waals surface area (Å²) in [5.74, 6) is -0.181. The maximum Gasteiger partial charge on any atom is 0.153 e. The normalized spacial score (nSPS) is 11.0. The van der Waals surface area contributed by atoms with Gasteiger partial charge in [0.2, 0.25) is 0 Å². The highest BCUT2D eigenvalue weighted by atomic mass is 16.3. The molecule has 0 saturated heterocycles. The molecule has 0 bridgehead atoms. The predicted molar refractivity (Wildman–Crippen MR) is 105 cm³/mol. The Bertz CT molecular complexity index is 807. The third-order valence-electron chi connectivity index (χ3n) is 4.39. The third kappa shape index (κ3) is 5.36. The maximum absolute atomic E-state index is 10.7. The molecule has 6 heteroatoms. The Hall–Kier alpha value is -3.28. The molecular formula is C22H24O6. The number of aldehydes is 4. The Labute approximate surface area is 163 Å². The molecule has 0 fully saturated rings. The van der Waals surface area contributed by atoms with Crippen LogP contribution in [-0.4, -0.2) is 35.4 Å². The first-order valence-electron chi connectivity index (χ1n) is 8.52. The summed E-state index contributed by atoms with van der Waals surface area (Å²) in [5.41, 5.74) is 0.565. The van der Waals surface area contributed by atoms with Crippen molar-refractivity contribution in [1.29, 1.82) is 0 Å². The lowest BCUT2D eigenvalue weighted by Gasteiger charge is -2.17. The zero-order valence-electron chi connectivity index (χ0n) is 16.3. The van der Waals surface area contributed by atoms with Crippen molar-refractivity contribution in [2.24, 2.45) is 0 Å². The van der Waals surface area contributed by atoms with Crippen molar-refractivity contribution in [3.63, 3.8) is 0 Å². The molecule has 2 N–H and O–H groups in total. The summed E-state index contributed by atoms with van der Waals surface area (Å²) in [7, 11) is 0. The summed E-state index contributed by atoms with van der Waals surface area (Å²) in [6, 6.07) is 9.22. The molecule has 148 valence electrons. The van der Waals surface area contributed by atoms with E-state index < -0.39 is 10.8 Å². The van der Waals surface area contributed by atoms with Crippen LogP contribution >= 0.6 is 0 Å². The van der Waals surface area contributed by atoms with Crippen LogP contribution in [0.4, 0.5) is 0 Å². The molecule has 0 aliphatic carbocycles. The lowest BCUT2D eigenvalue weighted by Crippen LogP contribution is -2.18. The van der Waals surface area contributed by atoms with Gasteiger partial charge in [-0.15, -0.1) is 0 Å². The van der Waals surface area contributed by atoms with E-state index >= 15 is 0 Å². The predicted octanol–water partition coefficient (Wildman–Crippen LogP) is 3.36. The number of benzene rings is 2. The molecular weight excluding hydrogens is 360 g/mol. The van der Waals surface area contributed by atoms with E-state index in [0.29, 0.717) is 23.7 Å². The highest BCUT2D eigenvalue weighted by Gasteiger charge is 2.21.